The monoisotopic (exact) mass is 251 g/mol. The number of thioether (sulfide) groups is 1. The molecule has 0 bridgehead atoms. The molecule has 0 fully saturated rings. The topological polar surface area (TPSA) is 12.0 Å². The maximum absolute atomic E-state index is 3.56. The van der Waals surface area contributed by atoms with Gasteiger partial charge in [0.15, 0.2) is 0 Å². The molecule has 0 aliphatic heterocycles. The number of hydrogen-bond acceptors (Lipinski definition) is 2. The highest BCUT2D eigenvalue weighted by Gasteiger charge is 2.10. The quantitative estimate of drug-likeness (QED) is 0.789. The summed E-state index contributed by atoms with van der Waals surface area (Å²) in [5.74, 6) is 1.86. The standard InChI is InChI=1S/C15H25NS/c1-5-16-15(11-17-4)14-8-6-7-13(10-14)9-12(2)3/h6-8,10,12,15-16H,5,9,11H2,1-4H3. The van der Waals surface area contributed by atoms with Crippen LogP contribution in [0, 0.1) is 5.92 Å². The van der Waals surface area contributed by atoms with Crippen LogP contribution in [0.15, 0.2) is 24.3 Å². The highest BCUT2D eigenvalue weighted by molar-refractivity contribution is 7.98. The molecule has 17 heavy (non-hydrogen) atoms. The second-order valence-corrected chi connectivity index (χ2v) is 5.82. The van der Waals surface area contributed by atoms with Gasteiger partial charge in [-0.05, 0) is 36.3 Å². The van der Waals surface area contributed by atoms with E-state index in [1.165, 1.54) is 17.5 Å². The predicted molar refractivity (Wildman–Crippen MR) is 79.8 cm³/mol. The number of nitrogens with one attached hydrogen (secondary N) is 1. The average Bonchev–Trinajstić information content (AvgIpc) is 2.28. The van der Waals surface area contributed by atoms with E-state index >= 15 is 0 Å². The molecule has 0 amide bonds. The number of rotatable bonds is 7. The van der Waals surface area contributed by atoms with Crippen LogP contribution in [0.4, 0.5) is 0 Å². The van der Waals surface area contributed by atoms with Gasteiger partial charge in [-0.1, -0.05) is 45.0 Å². The zero-order chi connectivity index (χ0) is 12.7. The molecule has 1 nitrogen and oxygen atoms in total. The summed E-state index contributed by atoms with van der Waals surface area (Å²) in [5, 5.41) is 3.56. The lowest BCUT2D eigenvalue weighted by atomic mass is 9.99. The fourth-order valence-electron chi connectivity index (χ4n) is 2.09. The van der Waals surface area contributed by atoms with Crippen molar-refractivity contribution < 1.29 is 0 Å². The minimum atomic E-state index is 0.488. The minimum Gasteiger partial charge on any atom is -0.310 e. The van der Waals surface area contributed by atoms with Gasteiger partial charge >= 0.3 is 0 Å². The highest BCUT2D eigenvalue weighted by Crippen LogP contribution is 2.19. The van der Waals surface area contributed by atoms with Gasteiger partial charge in [0.05, 0.1) is 0 Å². The Morgan fingerprint density at radius 3 is 2.65 bits per heavy atom. The Morgan fingerprint density at radius 2 is 2.06 bits per heavy atom. The molecule has 96 valence electrons. The zero-order valence-corrected chi connectivity index (χ0v) is 12.3. The molecule has 0 spiro atoms. The van der Waals surface area contributed by atoms with Gasteiger partial charge in [0.2, 0.25) is 0 Å². The summed E-state index contributed by atoms with van der Waals surface area (Å²) in [4.78, 5) is 0. The molecule has 1 atom stereocenters. The van der Waals surface area contributed by atoms with Crippen molar-refractivity contribution in [2.75, 3.05) is 18.6 Å². The second-order valence-electron chi connectivity index (χ2n) is 4.91. The fourth-order valence-corrected chi connectivity index (χ4v) is 2.74. The minimum absolute atomic E-state index is 0.488. The summed E-state index contributed by atoms with van der Waals surface area (Å²) in [7, 11) is 0. The van der Waals surface area contributed by atoms with Gasteiger partial charge in [0, 0.05) is 11.8 Å². The summed E-state index contributed by atoms with van der Waals surface area (Å²) >= 11 is 1.90. The van der Waals surface area contributed by atoms with Crippen LogP contribution in [-0.2, 0) is 6.42 Å². The van der Waals surface area contributed by atoms with E-state index in [9.17, 15) is 0 Å². The first-order valence-electron chi connectivity index (χ1n) is 6.48. The van der Waals surface area contributed by atoms with Gasteiger partial charge in [-0.2, -0.15) is 11.8 Å². The van der Waals surface area contributed by atoms with Gasteiger partial charge in [0.1, 0.15) is 0 Å². The maximum Gasteiger partial charge on any atom is 0.0411 e. The largest absolute Gasteiger partial charge is 0.310 e. The van der Waals surface area contributed by atoms with E-state index in [-0.39, 0.29) is 0 Å². The van der Waals surface area contributed by atoms with Crippen LogP contribution < -0.4 is 5.32 Å². The zero-order valence-electron chi connectivity index (χ0n) is 11.5. The Balaban J connectivity index is 2.79. The lowest BCUT2D eigenvalue weighted by molar-refractivity contribution is 0.602. The number of hydrogen-bond donors (Lipinski definition) is 1. The molecule has 1 unspecified atom stereocenters. The molecule has 0 aliphatic rings. The van der Waals surface area contributed by atoms with E-state index in [4.69, 9.17) is 0 Å². The third-order valence-corrected chi connectivity index (χ3v) is 3.45. The Hall–Kier alpha value is -0.470. The molecule has 0 radical (unpaired) electrons. The third-order valence-electron chi connectivity index (χ3n) is 2.78. The Morgan fingerprint density at radius 1 is 1.29 bits per heavy atom. The molecular formula is C15H25NS. The van der Waals surface area contributed by atoms with E-state index in [0.29, 0.717) is 6.04 Å². The third kappa shape index (κ3) is 5.13. The fraction of sp³-hybridized carbons (Fsp3) is 0.600. The summed E-state index contributed by atoms with van der Waals surface area (Å²) < 4.78 is 0. The van der Waals surface area contributed by atoms with Crippen molar-refractivity contribution in [3.05, 3.63) is 35.4 Å². The van der Waals surface area contributed by atoms with E-state index in [1.54, 1.807) is 0 Å². The van der Waals surface area contributed by atoms with Crippen molar-refractivity contribution in [1.29, 1.82) is 0 Å². The molecular weight excluding hydrogens is 226 g/mol. The molecule has 1 N–H and O–H groups in total. The first-order chi connectivity index (χ1) is 8.17. The van der Waals surface area contributed by atoms with Gasteiger partial charge in [-0.15, -0.1) is 0 Å². The highest BCUT2D eigenvalue weighted by atomic mass is 32.2. The van der Waals surface area contributed by atoms with Gasteiger partial charge in [-0.25, -0.2) is 0 Å². The maximum atomic E-state index is 3.56. The average molecular weight is 251 g/mol. The van der Waals surface area contributed by atoms with Crippen LogP contribution in [0.2, 0.25) is 0 Å². The summed E-state index contributed by atoms with van der Waals surface area (Å²) in [6.07, 6.45) is 3.34. The van der Waals surface area contributed by atoms with Gasteiger partial charge in [-0.3, -0.25) is 0 Å². The predicted octanol–water partition coefficient (Wildman–Crippen LogP) is 3.90. The van der Waals surface area contributed by atoms with Gasteiger partial charge in [0.25, 0.3) is 0 Å². The van der Waals surface area contributed by atoms with Crippen molar-refractivity contribution in [1.82, 2.24) is 5.32 Å². The van der Waals surface area contributed by atoms with Crippen LogP contribution in [-0.4, -0.2) is 18.6 Å². The van der Waals surface area contributed by atoms with Crippen LogP contribution >= 0.6 is 11.8 Å². The van der Waals surface area contributed by atoms with E-state index in [1.807, 2.05) is 11.8 Å². The lowest BCUT2D eigenvalue weighted by Crippen LogP contribution is -2.23. The molecule has 1 aromatic carbocycles. The SMILES string of the molecule is CCNC(CSC)c1cccc(CC(C)C)c1. The molecule has 0 heterocycles. The van der Waals surface area contributed by atoms with E-state index in [0.717, 1.165) is 18.2 Å². The van der Waals surface area contributed by atoms with Gasteiger partial charge < -0.3 is 5.32 Å². The molecule has 0 aliphatic carbocycles. The molecule has 0 aromatic heterocycles. The Kier molecular flexibility index (Phi) is 6.68. The second kappa shape index (κ2) is 7.78. The molecule has 2 heteroatoms. The Labute approximate surface area is 110 Å². The molecule has 0 saturated heterocycles. The summed E-state index contributed by atoms with van der Waals surface area (Å²) in [5.41, 5.74) is 2.89. The van der Waals surface area contributed by atoms with Crippen LogP contribution in [0.1, 0.15) is 37.9 Å². The van der Waals surface area contributed by atoms with Crippen LogP contribution in [0.25, 0.3) is 0 Å². The molecule has 1 rings (SSSR count). The van der Waals surface area contributed by atoms with Crippen molar-refractivity contribution in [3.63, 3.8) is 0 Å². The van der Waals surface area contributed by atoms with E-state index < -0.39 is 0 Å². The van der Waals surface area contributed by atoms with Crippen LogP contribution in [0.5, 0.6) is 0 Å². The first-order valence-corrected chi connectivity index (χ1v) is 7.87. The smallest absolute Gasteiger partial charge is 0.0411 e. The van der Waals surface area contributed by atoms with Crippen molar-refractivity contribution in [3.8, 4) is 0 Å². The van der Waals surface area contributed by atoms with Crippen molar-refractivity contribution in [2.45, 2.75) is 33.2 Å². The van der Waals surface area contributed by atoms with Crippen molar-refractivity contribution >= 4 is 11.8 Å². The Bertz CT molecular complexity index is 316. The lowest BCUT2D eigenvalue weighted by Gasteiger charge is -2.18. The van der Waals surface area contributed by atoms with Crippen LogP contribution in [0.3, 0.4) is 0 Å². The normalized spacial score (nSPS) is 13.0. The van der Waals surface area contributed by atoms with Crippen molar-refractivity contribution in [2.24, 2.45) is 5.92 Å². The first kappa shape index (κ1) is 14.6. The summed E-state index contributed by atoms with van der Waals surface area (Å²) in [6.45, 7) is 7.75. The molecule has 0 saturated carbocycles. The number of benzene rings is 1. The van der Waals surface area contributed by atoms with E-state index in [2.05, 4.69) is 56.6 Å². The summed E-state index contributed by atoms with van der Waals surface area (Å²) in [6, 6.07) is 9.53. The molecule has 1 aromatic rings.